The highest BCUT2D eigenvalue weighted by Gasteiger charge is 2.17. The molecule has 6 aromatic carbocycles. The second-order valence-corrected chi connectivity index (χ2v) is 10.1. The van der Waals surface area contributed by atoms with Crippen molar-refractivity contribution in [1.82, 2.24) is 15.0 Å². The first-order valence-corrected chi connectivity index (χ1v) is 13.6. The first-order chi connectivity index (χ1) is 20.3. The molecule has 4 nitrogen and oxygen atoms in total. The molecule has 0 spiro atoms. The van der Waals surface area contributed by atoms with E-state index in [1.165, 1.54) is 16.3 Å². The Morgan fingerprint density at radius 3 is 1.49 bits per heavy atom. The van der Waals surface area contributed by atoms with Gasteiger partial charge in [0.15, 0.2) is 17.5 Å². The van der Waals surface area contributed by atoms with Gasteiger partial charge in [-0.25, -0.2) is 15.0 Å². The predicted octanol–water partition coefficient (Wildman–Crippen LogP) is 9.59. The van der Waals surface area contributed by atoms with Gasteiger partial charge in [0.25, 0.3) is 0 Å². The summed E-state index contributed by atoms with van der Waals surface area (Å²) in [4.78, 5) is 14.6. The van der Waals surface area contributed by atoms with E-state index in [4.69, 9.17) is 19.4 Å². The van der Waals surface area contributed by atoms with E-state index in [-0.39, 0.29) is 0 Å². The number of benzene rings is 6. The summed E-state index contributed by atoms with van der Waals surface area (Å²) in [5.74, 6) is 1.88. The fourth-order valence-electron chi connectivity index (χ4n) is 5.57. The average molecular weight is 526 g/mol. The van der Waals surface area contributed by atoms with Crippen molar-refractivity contribution in [2.75, 3.05) is 0 Å². The van der Waals surface area contributed by atoms with E-state index in [1.54, 1.807) is 0 Å². The van der Waals surface area contributed by atoms with Crippen LogP contribution >= 0.6 is 0 Å². The van der Waals surface area contributed by atoms with Gasteiger partial charge in [-0.05, 0) is 40.1 Å². The normalized spacial score (nSPS) is 11.4. The Hall–Kier alpha value is -5.61. The summed E-state index contributed by atoms with van der Waals surface area (Å²) in [6.45, 7) is 0. The van der Waals surface area contributed by atoms with E-state index < -0.39 is 0 Å². The summed E-state index contributed by atoms with van der Waals surface area (Å²) in [5.41, 5.74) is 6.75. The molecule has 0 bridgehead atoms. The van der Waals surface area contributed by atoms with Crippen LogP contribution < -0.4 is 0 Å². The Bertz CT molecular complexity index is 2130. The van der Waals surface area contributed by atoms with Gasteiger partial charge in [0, 0.05) is 27.5 Å². The second-order valence-electron chi connectivity index (χ2n) is 10.1. The molecule has 0 aliphatic carbocycles. The number of fused-ring (bicyclic) bond motifs is 5. The lowest BCUT2D eigenvalue weighted by Gasteiger charge is -2.08. The third-order valence-corrected chi connectivity index (χ3v) is 7.52. The first-order valence-electron chi connectivity index (χ1n) is 13.6. The average Bonchev–Trinajstić information content (AvgIpc) is 3.43. The smallest absolute Gasteiger partial charge is 0.164 e. The van der Waals surface area contributed by atoms with Crippen molar-refractivity contribution in [2.45, 2.75) is 0 Å². The SMILES string of the molecule is c1ccc(-c2nc(-c3ccccc3)nc(-c3ccc4c(c3)oc3cc(-c5ccccc5)c5ccccc5c34)n2)cc1. The van der Waals surface area contributed by atoms with Crippen molar-refractivity contribution < 1.29 is 4.42 Å². The number of hydrogen-bond acceptors (Lipinski definition) is 4. The van der Waals surface area contributed by atoms with Gasteiger partial charge in [-0.1, -0.05) is 121 Å². The monoisotopic (exact) mass is 525 g/mol. The van der Waals surface area contributed by atoms with E-state index in [2.05, 4.69) is 66.7 Å². The van der Waals surface area contributed by atoms with Crippen molar-refractivity contribution in [3.8, 4) is 45.3 Å². The molecule has 0 aliphatic heterocycles. The number of hydrogen-bond donors (Lipinski definition) is 0. The van der Waals surface area contributed by atoms with Gasteiger partial charge in [0.2, 0.25) is 0 Å². The van der Waals surface area contributed by atoms with Gasteiger partial charge in [-0.2, -0.15) is 0 Å². The lowest BCUT2D eigenvalue weighted by atomic mass is 9.95. The lowest BCUT2D eigenvalue weighted by Crippen LogP contribution is -2.00. The third kappa shape index (κ3) is 4.05. The number of furan rings is 1. The molecule has 0 fully saturated rings. The number of aromatic nitrogens is 3. The van der Waals surface area contributed by atoms with Crippen molar-refractivity contribution in [3.63, 3.8) is 0 Å². The molecular weight excluding hydrogens is 502 g/mol. The van der Waals surface area contributed by atoms with Gasteiger partial charge in [-0.15, -0.1) is 0 Å². The zero-order valence-electron chi connectivity index (χ0n) is 22.0. The molecular formula is C37H23N3O. The van der Waals surface area contributed by atoms with Crippen LogP contribution in [0.15, 0.2) is 144 Å². The van der Waals surface area contributed by atoms with Crippen LogP contribution in [-0.2, 0) is 0 Å². The number of rotatable bonds is 4. The standard InChI is InChI=1S/C37H23N3O/c1-4-12-24(13-5-1)31-23-33-34(29-19-11-10-18-28(29)31)30-21-20-27(22-32(30)41-33)37-39-35(25-14-6-2-7-15-25)38-36(40-37)26-16-8-3-9-17-26/h1-23H. The van der Waals surface area contributed by atoms with Crippen LogP contribution in [0.25, 0.3) is 78.0 Å². The summed E-state index contributed by atoms with van der Waals surface area (Å²) in [5, 5.41) is 4.57. The maximum Gasteiger partial charge on any atom is 0.164 e. The molecule has 0 saturated heterocycles. The predicted molar refractivity (Wildman–Crippen MR) is 166 cm³/mol. The molecule has 0 saturated carbocycles. The van der Waals surface area contributed by atoms with Gasteiger partial charge in [0.1, 0.15) is 11.2 Å². The maximum atomic E-state index is 6.54. The Morgan fingerprint density at radius 2 is 0.878 bits per heavy atom. The van der Waals surface area contributed by atoms with Gasteiger partial charge >= 0.3 is 0 Å². The van der Waals surface area contributed by atoms with Crippen LogP contribution in [0.2, 0.25) is 0 Å². The topological polar surface area (TPSA) is 51.8 Å². The quantitative estimate of drug-likeness (QED) is 0.230. The molecule has 4 heteroatoms. The van der Waals surface area contributed by atoms with Crippen molar-refractivity contribution in [2.24, 2.45) is 0 Å². The van der Waals surface area contributed by atoms with Gasteiger partial charge in [0.05, 0.1) is 0 Å². The van der Waals surface area contributed by atoms with E-state index >= 15 is 0 Å². The third-order valence-electron chi connectivity index (χ3n) is 7.52. The summed E-state index contributed by atoms with van der Waals surface area (Å²) >= 11 is 0. The molecule has 8 aromatic rings. The molecule has 41 heavy (non-hydrogen) atoms. The zero-order valence-corrected chi connectivity index (χ0v) is 22.0. The lowest BCUT2D eigenvalue weighted by molar-refractivity contribution is 0.669. The highest BCUT2D eigenvalue weighted by atomic mass is 16.3. The molecule has 192 valence electrons. The van der Waals surface area contributed by atoms with Crippen molar-refractivity contribution in [3.05, 3.63) is 140 Å². The Kier molecular flexibility index (Phi) is 5.42. The fourth-order valence-corrected chi connectivity index (χ4v) is 5.57. The van der Waals surface area contributed by atoms with Crippen LogP contribution in [0.3, 0.4) is 0 Å². The summed E-state index contributed by atoms with van der Waals surface area (Å²) in [6.07, 6.45) is 0. The largest absolute Gasteiger partial charge is 0.456 e. The minimum Gasteiger partial charge on any atom is -0.456 e. The Balaban J connectivity index is 1.34. The molecule has 0 amide bonds. The fraction of sp³-hybridized carbons (Fsp3) is 0. The van der Waals surface area contributed by atoms with E-state index in [1.807, 2.05) is 72.8 Å². The molecule has 0 N–H and O–H groups in total. The minimum absolute atomic E-state index is 0.606. The van der Waals surface area contributed by atoms with E-state index in [0.717, 1.165) is 44.2 Å². The molecule has 2 heterocycles. The molecule has 0 radical (unpaired) electrons. The highest BCUT2D eigenvalue weighted by molar-refractivity contribution is 6.22. The van der Waals surface area contributed by atoms with Gasteiger partial charge in [-0.3, -0.25) is 0 Å². The molecule has 2 aromatic heterocycles. The first kappa shape index (κ1) is 23.3. The summed E-state index contributed by atoms with van der Waals surface area (Å²) in [7, 11) is 0. The maximum absolute atomic E-state index is 6.54. The van der Waals surface area contributed by atoms with Crippen LogP contribution in [0.4, 0.5) is 0 Å². The molecule has 8 rings (SSSR count). The van der Waals surface area contributed by atoms with Crippen molar-refractivity contribution >= 4 is 32.7 Å². The van der Waals surface area contributed by atoms with Gasteiger partial charge < -0.3 is 4.42 Å². The van der Waals surface area contributed by atoms with Crippen LogP contribution in [0, 0.1) is 0 Å². The second kappa shape index (κ2) is 9.54. The Labute approximate surface area is 236 Å². The molecule has 0 aliphatic rings. The number of nitrogens with zero attached hydrogens (tertiary/aromatic N) is 3. The van der Waals surface area contributed by atoms with E-state index in [0.29, 0.717) is 17.5 Å². The van der Waals surface area contributed by atoms with Crippen LogP contribution in [-0.4, -0.2) is 15.0 Å². The highest BCUT2D eigenvalue weighted by Crippen LogP contribution is 2.40. The zero-order chi connectivity index (χ0) is 27.2. The molecule has 0 atom stereocenters. The van der Waals surface area contributed by atoms with Crippen LogP contribution in [0.1, 0.15) is 0 Å². The minimum atomic E-state index is 0.606. The molecule has 0 unspecified atom stereocenters. The van der Waals surface area contributed by atoms with E-state index in [9.17, 15) is 0 Å². The summed E-state index contributed by atoms with van der Waals surface area (Å²) < 4.78 is 6.54. The Morgan fingerprint density at radius 1 is 0.366 bits per heavy atom. The van der Waals surface area contributed by atoms with Crippen molar-refractivity contribution in [1.29, 1.82) is 0 Å². The van der Waals surface area contributed by atoms with Crippen LogP contribution in [0.5, 0.6) is 0 Å². The summed E-state index contributed by atoms with van der Waals surface area (Å²) in [6, 6.07) is 47.5.